The van der Waals surface area contributed by atoms with Crippen LogP contribution in [0.4, 0.5) is 4.79 Å². The number of carbonyl (C=O) groups is 2. The molecule has 2 atom stereocenters. The maximum Gasteiger partial charge on any atom is 0.320 e. The Kier molecular flexibility index (Phi) is 5.05. The lowest BCUT2D eigenvalue weighted by atomic mass is 9.97. The van der Waals surface area contributed by atoms with Gasteiger partial charge in [0.15, 0.2) is 0 Å². The van der Waals surface area contributed by atoms with Crippen LogP contribution in [0.15, 0.2) is 34.7 Å². The Morgan fingerprint density at radius 1 is 1.11 bits per heavy atom. The minimum absolute atomic E-state index is 0.00174. The number of rotatable bonds is 3. The molecular formula is C21H27N3O3. The Bertz CT molecular complexity index is 792. The average Bonchev–Trinajstić information content (AvgIpc) is 3.37. The third kappa shape index (κ3) is 3.80. The highest BCUT2D eigenvalue weighted by atomic mass is 16.3. The monoisotopic (exact) mass is 369 g/mol. The Labute approximate surface area is 159 Å². The zero-order valence-electron chi connectivity index (χ0n) is 15.8. The van der Waals surface area contributed by atoms with Crippen molar-refractivity contribution in [3.63, 3.8) is 0 Å². The van der Waals surface area contributed by atoms with Crippen LogP contribution in [0, 0.1) is 5.92 Å². The Morgan fingerprint density at radius 3 is 2.63 bits per heavy atom. The van der Waals surface area contributed by atoms with E-state index in [1.54, 1.807) is 0 Å². The number of furan rings is 1. The first kappa shape index (κ1) is 17.9. The largest absolute Gasteiger partial charge is 0.459 e. The van der Waals surface area contributed by atoms with Gasteiger partial charge in [0.25, 0.3) is 0 Å². The van der Waals surface area contributed by atoms with E-state index in [1.807, 2.05) is 47.1 Å². The summed E-state index contributed by atoms with van der Waals surface area (Å²) in [4.78, 5) is 29.2. The summed E-state index contributed by atoms with van der Waals surface area (Å²) in [6, 6.07) is 9.71. The molecule has 3 heterocycles. The lowest BCUT2D eigenvalue weighted by Crippen LogP contribution is -2.49. The number of nitrogens with one attached hydrogen (secondary N) is 1. The van der Waals surface area contributed by atoms with E-state index >= 15 is 0 Å². The first-order chi connectivity index (χ1) is 13.1. The van der Waals surface area contributed by atoms with Gasteiger partial charge in [-0.15, -0.1) is 0 Å². The van der Waals surface area contributed by atoms with Gasteiger partial charge in [-0.3, -0.25) is 4.79 Å². The molecule has 0 spiro atoms. The number of hydrogen-bond acceptors (Lipinski definition) is 3. The van der Waals surface area contributed by atoms with Crippen LogP contribution in [0.5, 0.6) is 0 Å². The molecule has 0 saturated carbocycles. The fourth-order valence-electron chi connectivity index (χ4n) is 4.09. The number of fused-ring (bicyclic) bond motifs is 1. The van der Waals surface area contributed by atoms with Crippen molar-refractivity contribution in [2.24, 2.45) is 5.92 Å². The lowest BCUT2D eigenvalue weighted by Gasteiger charge is -2.35. The molecule has 2 aliphatic heterocycles. The number of carbonyl (C=O) groups excluding carboxylic acids is 2. The molecule has 2 fully saturated rings. The van der Waals surface area contributed by atoms with Gasteiger partial charge in [0.1, 0.15) is 11.3 Å². The summed E-state index contributed by atoms with van der Waals surface area (Å²) >= 11 is 0. The first-order valence-corrected chi connectivity index (χ1v) is 9.94. The number of likely N-dealkylation sites (tertiary alicyclic amines) is 2. The van der Waals surface area contributed by atoms with Crippen molar-refractivity contribution in [2.75, 3.05) is 26.2 Å². The maximum absolute atomic E-state index is 12.8. The van der Waals surface area contributed by atoms with E-state index in [0.29, 0.717) is 6.54 Å². The highest BCUT2D eigenvalue weighted by molar-refractivity contribution is 5.82. The number of hydrogen-bond donors (Lipinski definition) is 1. The van der Waals surface area contributed by atoms with E-state index in [1.165, 1.54) is 0 Å². The van der Waals surface area contributed by atoms with Crippen LogP contribution in [-0.2, 0) is 4.79 Å². The molecular weight excluding hydrogens is 342 g/mol. The molecule has 4 rings (SSSR count). The quantitative estimate of drug-likeness (QED) is 0.900. The molecule has 1 N–H and O–H groups in total. The summed E-state index contributed by atoms with van der Waals surface area (Å²) < 4.78 is 5.86. The Balaban J connectivity index is 1.37. The van der Waals surface area contributed by atoms with Crippen molar-refractivity contribution in [3.8, 4) is 0 Å². The van der Waals surface area contributed by atoms with Crippen molar-refractivity contribution < 1.29 is 14.0 Å². The third-order valence-corrected chi connectivity index (χ3v) is 5.67. The molecule has 0 aliphatic carbocycles. The van der Waals surface area contributed by atoms with Gasteiger partial charge in [0, 0.05) is 31.6 Å². The molecule has 3 amide bonds. The Morgan fingerprint density at radius 2 is 1.85 bits per heavy atom. The summed E-state index contributed by atoms with van der Waals surface area (Å²) in [5, 5.41) is 4.11. The molecule has 27 heavy (non-hydrogen) atoms. The van der Waals surface area contributed by atoms with E-state index in [0.717, 1.165) is 62.0 Å². The van der Waals surface area contributed by atoms with E-state index in [-0.39, 0.29) is 23.9 Å². The zero-order valence-corrected chi connectivity index (χ0v) is 15.8. The van der Waals surface area contributed by atoms with Crippen LogP contribution >= 0.6 is 0 Å². The predicted octanol–water partition coefficient (Wildman–Crippen LogP) is 3.54. The van der Waals surface area contributed by atoms with Gasteiger partial charge in [-0.1, -0.05) is 18.2 Å². The van der Waals surface area contributed by atoms with Crippen LogP contribution in [0.1, 0.15) is 44.4 Å². The second-order valence-electron chi connectivity index (χ2n) is 7.68. The lowest BCUT2D eigenvalue weighted by molar-refractivity contribution is -0.127. The molecule has 0 unspecified atom stereocenters. The number of amides is 3. The minimum atomic E-state index is -0.199. The van der Waals surface area contributed by atoms with Crippen LogP contribution in [0.3, 0.4) is 0 Å². The maximum atomic E-state index is 12.8. The highest BCUT2D eigenvalue weighted by Gasteiger charge is 2.32. The number of benzene rings is 1. The van der Waals surface area contributed by atoms with Crippen LogP contribution in [0.25, 0.3) is 11.0 Å². The summed E-state index contributed by atoms with van der Waals surface area (Å²) in [6.45, 7) is 4.88. The first-order valence-electron chi connectivity index (χ1n) is 9.94. The van der Waals surface area contributed by atoms with E-state index in [4.69, 9.17) is 4.42 Å². The second-order valence-corrected chi connectivity index (χ2v) is 7.68. The van der Waals surface area contributed by atoms with Gasteiger partial charge >= 0.3 is 6.03 Å². The molecule has 6 nitrogen and oxygen atoms in total. The standard InChI is InChI=1S/C21H27N3O3/c1-15(19-13-16-7-2-3-9-18(16)27-19)22-20(25)17-8-6-12-24(14-17)21(26)23-10-4-5-11-23/h2-3,7,9,13,15,17H,4-6,8,10-12,14H2,1H3,(H,22,25)/t15-,17+/m0/s1. The number of piperidine rings is 1. The SMILES string of the molecule is C[C@H](NC(=O)[C@@H]1CCCN(C(=O)N2CCCC2)C1)c1cc2ccccc2o1. The fraction of sp³-hybridized carbons (Fsp3) is 0.524. The molecule has 0 bridgehead atoms. The summed E-state index contributed by atoms with van der Waals surface area (Å²) in [7, 11) is 0. The molecule has 1 aromatic heterocycles. The van der Waals surface area contributed by atoms with E-state index in [2.05, 4.69) is 5.32 Å². The number of nitrogens with zero attached hydrogens (tertiary/aromatic N) is 2. The van der Waals surface area contributed by atoms with Gasteiger partial charge in [0.2, 0.25) is 5.91 Å². The number of para-hydroxylation sites is 1. The second kappa shape index (κ2) is 7.62. The van der Waals surface area contributed by atoms with Gasteiger partial charge in [-0.25, -0.2) is 4.79 Å². The predicted molar refractivity (Wildman–Crippen MR) is 103 cm³/mol. The molecule has 2 aromatic rings. The van der Waals surface area contributed by atoms with Crippen LogP contribution in [0.2, 0.25) is 0 Å². The van der Waals surface area contributed by atoms with Crippen molar-refractivity contribution in [1.29, 1.82) is 0 Å². The third-order valence-electron chi connectivity index (χ3n) is 5.67. The van der Waals surface area contributed by atoms with Gasteiger partial charge in [-0.2, -0.15) is 0 Å². The van der Waals surface area contributed by atoms with E-state index in [9.17, 15) is 9.59 Å². The minimum Gasteiger partial charge on any atom is -0.459 e. The molecule has 6 heteroatoms. The molecule has 2 saturated heterocycles. The molecule has 0 radical (unpaired) electrons. The van der Waals surface area contributed by atoms with Gasteiger partial charge in [0.05, 0.1) is 12.0 Å². The van der Waals surface area contributed by atoms with Crippen molar-refractivity contribution in [1.82, 2.24) is 15.1 Å². The summed E-state index contributed by atoms with van der Waals surface area (Å²) in [6.07, 6.45) is 3.86. The van der Waals surface area contributed by atoms with Crippen LogP contribution < -0.4 is 5.32 Å². The van der Waals surface area contributed by atoms with Gasteiger partial charge in [-0.05, 0) is 44.7 Å². The smallest absolute Gasteiger partial charge is 0.320 e. The highest BCUT2D eigenvalue weighted by Crippen LogP contribution is 2.25. The topological polar surface area (TPSA) is 65.8 Å². The Hall–Kier alpha value is -2.50. The molecule has 144 valence electrons. The summed E-state index contributed by atoms with van der Waals surface area (Å²) in [5.41, 5.74) is 0.827. The molecule has 1 aromatic carbocycles. The van der Waals surface area contributed by atoms with Crippen molar-refractivity contribution in [2.45, 2.75) is 38.6 Å². The van der Waals surface area contributed by atoms with Crippen molar-refractivity contribution >= 4 is 22.9 Å². The zero-order chi connectivity index (χ0) is 18.8. The number of urea groups is 1. The fourth-order valence-corrected chi connectivity index (χ4v) is 4.09. The van der Waals surface area contributed by atoms with Gasteiger partial charge < -0.3 is 19.5 Å². The average molecular weight is 369 g/mol. The van der Waals surface area contributed by atoms with Crippen molar-refractivity contribution in [3.05, 3.63) is 36.1 Å². The normalized spacial score (nSPS) is 21.4. The summed E-state index contributed by atoms with van der Waals surface area (Å²) in [5.74, 6) is 0.601. The van der Waals surface area contributed by atoms with E-state index < -0.39 is 0 Å². The molecule has 2 aliphatic rings. The van der Waals surface area contributed by atoms with Crippen LogP contribution in [-0.4, -0.2) is 47.9 Å².